The highest BCUT2D eigenvalue weighted by Crippen LogP contribution is 2.22. The van der Waals surface area contributed by atoms with Gasteiger partial charge in [0.1, 0.15) is 12.3 Å². The number of hydrogen-bond acceptors (Lipinski definition) is 6. The van der Waals surface area contributed by atoms with Crippen LogP contribution in [0.3, 0.4) is 0 Å². The largest absolute Gasteiger partial charge is 0.468 e. The van der Waals surface area contributed by atoms with Crippen LogP contribution in [0.25, 0.3) is 0 Å². The monoisotopic (exact) mass is 345 g/mol. The van der Waals surface area contributed by atoms with Gasteiger partial charge in [-0.05, 0) is 36.5 Å². The molecule has 0 saturated carbocycles. The molecule has 2 N–H and O–H groups in total. The molecule has 1 saturated heterocycles. The first-order valence-electron chi connectivity index (χ1n) is 8.68. The molecule has 0 radical (unpaired) electrons. The zero-order valence-corrected chi connectivity index (χ0v) is 15.1. The summed E-state index contributed by atoms with van der Waals surface area (Å²) in [5.41, 5.74) is 1.58. The molecular formula is C19H27N3O3. The number of nitrogens with zero attached hydrogens (tertiary/aromatic N) is 2. The Morgan fingerprint density at radius 2 is 2.28 bits per heavy atom. The molecule has 25 heavy (non-hydrogen) atoms. The Balaban J connectivity index is 2.15. The SMILES string of the molecule is COC(=O)[C@@H]1C[C@H](N(Cc2cccc(C#N)c2)C(O)CC(C)C)CN1. The van der Waals surface area contributed by atoms with Crippen molar-refractivity contribution in [2.45, 2.75) is 51.5 Å². The molecule has 3 atom stereocenters. The number of nitriles is 1. The molecule has 1 aromatic rings. The summed E-state index contributed by atoms with van der Waals surface area (Å²) in [7, 11) is 1.39. The minimum absolute atomic E-state index is 0.0311. The van der Waals surface area contributed by atoms with Crippen molar-refractivity contribution in [2.75, 3.05) is 13.7 Å². The van der Waals surface area contributed by atoms with Crippen molar-refractivity contribution in [1.29, 1.82) is 5.26 Å². The van der Waals surface area contributed by atoms with E-state index in [2.05, 4.69) is 25.2 Å². The lowest BCUT2D eigenvalue weighted by Crippen LogP contribution is -2.44. The molecule has 0 bridgehead atoms. The number of hydrogen-bond donors (Lipinski definition) is 2. The average Bonchev–Trinajstić information content (AvgIpc) is 3.08. The number of methoxy groups -OCH3 is 1. The molecule has 0 aromatic heterocycles. The lowest BCUT2D eigenvalue weighted by molar-refractivity contribution is -0.142. The number of nitrogens with one attached hydrogen (secondary N) is 1. The second kappa shape index (κ2) is 8.95. The number of aliphatic hydroxyl groups excluding tert-OH is 1. The summed E-state index contributed by atoms with van der Waals surface area (Å²) in [5, 5.41) is 23.0. The van der Waals surface area contributed by atoms with Gasteiger partial charge in [-0.15, -0.1) is 0 Å². The third kappa shape index (κ3) is 5.27. The number of ether oxygens (including phenoxy) is 1. The van der Waals surface area contributed by atoms with Crippen molar-refractivity contribution >= 4 is 5.97 Å². The second-order valence-corrected chi connectivity index (χ2v) is 6.97. The van der Waals surface area contributed by atoms with Gasteiger partial charge in [-0.25, -0.2) is 0 Å². The Bertz CT molecular complexity index is 627. The molecule has 0 spiro atoms. The number of aliphatic hydroxyl groups is 1. The molecule has 6 nitrogen and oxygen atoms in total. The highest BCUT2D eigenvalue weighted by atomic mass is 16.5. The van der Waals surface area contributed by atoms with Crippen molar-refractivity contribution in [2.24, 2.45) is 5.92 Å². The third-order valence-electron chi connectivity index (χ3n) is 4.55. The fourth-order valence-electron chi connectivity index (χ4n) is 3.28. The molecule has 6 heteroatoms. The highest BCUT2D eigenvalue weighted by Gasteiger charge is 2.36. The van der Waals surface area contributed by atoms with Crippen LogP contribution in [0.15, 0.2) is 24.3 Å². The van der Waals surface area contributed by atoms with Crippen LogP contribution in [-0.4, -0.2) is 47.9 Å². The maximum Gasteiger partial charge on any atom is 0.322 e. The van der Waals surface area contributed by atoms with Crippen LogP contribution in [0.4, 0.5) is 0 Å². The predicted molar refractivity (Wildman–Crippen MR) is 94.4 cm³/mol. The Kier molecular flexibility index (Phi) is 6.94. The maximum atomic E-state index is 11.8. The summed E-state index contributed by atoms with van der Waals surface area (Å²) in [6, 6.07) is 9.25. The minimum Gasteiger partial charge on any atom is -0.468 e. The van der Waals surface area contributed by atoms with Crippen molar-refractivity contribution in [1.82, 2.24) is 10.2 Å². The van der Waals surface area contributed by atoms with Gasteiger partial charge in [-0.2, -0.15) is 5.26 Å². The van der Waals surface area contributed by atoms with Gasteiger partial charge in [0.05, 0.1) is 18.7 Å². The lowest BCUT2D eigenvalue weighted by atomic mass is 10.0. The van der Waals surface area contributed by atoms with E-state index in [4.69, 9.17) is 10.00 Å². The second-order valence-electron chi connectivity index (χ2n) is 6.97. The van der Waals surface area contributed by atoms with Crippen molar-refractivity contribution in [3.63, 3.8) is 0 Å². The Morgan fingerprint density at radius 1 is 1.52 bits per heavy atom. The summed E-state index contributed by atoms with van der Waals surface area (Å²) in [5.74, 6) is 0.0842. The van der Waals surface area contributed by atoms with Crippen LogP contribution in [0.2, 0.25) is 0 Å². The quantitative estimate of drug-likeness (QED) is 0.577. The highest BCUT2D eigenvalue weighted by molar-refractivity contribution is 5.76. The number of carbonyl (C=O) groups excluding carboxylic acids is 1. The van der Waals surface area contributed by atoms with E-state index in [0.29, 0.717) is 37.4 Å². The molecule has 1 heterocycles. The molecular weight excluding hydrogens is 318 g/mol. The van der Waals surface area contributed by atoms with Gasteiger partial charge < -0.3 is 15.2 Å². The lowest BCUT2D eigenvalue weighted by Gasteiger charge is -2.34. The molecule has 0 amide bonds. The zero-order valence-electron chi connectivity index (χ0n) is 15.1. The van der Waals surface area contributed by atoms with Gasteiger partial charge in [0, 0.05) is 19.1 Å². The van der Waals surface area contributed by atoms with E-state index < -0.39 is 6.23 Å². The summed E-state index contributed by atoms with van der Waals surface area (Å²) in [6.07, 6.45) is 0.644. The molecule has 2 rings (SSSR count). The fraction of sp³-hybridized carbons (Fsp3) is 0.579. The maximum absolute atomic E-state index is 11.8. The van der Waals surface area contributed by atoms with E-state index in [9.17, 15) is 9.90 Å². The minimum atomic E-state index is -0.603. The summed E-state index contributed by atoms with van der Waals surface area (Å²) >= 11 is 0. The van der Waals surface area contributed by atoms with E-state index in [1.165, 1.54) is 7.11 Å². The van der Waals surface area contributed by atoms with E-state index >= 15 is 0 Å². The topological polar surface area (TPSA) is 85.6 Å². The smallest absolute Gasteiger partial charge is 0.322 e. The summed E-state index contributed by atoms with van der Waals surface area (Å²) in [6.45, 7) is 5.29. The molecule has 1 fully saturated rings. The van der Waals surface area contributed by atoms with E-state index in [1.807, 2.05) is 23.1 Å². The molecule has 1 aliphatic heterocycles. The first-order valence-corrected chi connectivity index (χ1v) is 8.68. The van der Waals surface area contributed by atoms with Crippen LogP contribution in [0.5, 0.6) is 0 Å². The van der Waals surface area contributed by atoms with Gasteiger partial charge in [0.2, 0.25) is 0 Å². The van der Waals surface area contributed by atoms with Crippen molar-refractivity contribution in [3.05, 3.63) is 35.4 Å². The summed E-state index contributed by atoms with van der Waals surface area (Å²) in [4.78, 5) is 13.8. The van der Waals surface area contributed by atoms with Gasteiger partial charge in [0.15, 0.2) is 0 Å². The third-order valence-corrected chi connectivity index (χ3v) is 4.55. The first kappa shape index (κ1) is 19.4. The molecule has 0 aliphatic carbocycles. The van der Waals surface area contributed by atoms with Crippen LogP contribution in [-0.2, 0) is 16.1 Å². The predicted octanol–water partition coefficient (Wildman–Crippen LogP) is 1.63. The molecule has 1 aromatic carbocycles. The van der Waals surface area contributed by atoms with Crippen LogP contribution in [0, 0.1) is 17.2 Å². The van der Waals surface area contributed by atoms with Gasteiger partial charge in [-0.3, -0.25) is 9.69 Å². The van der Waals surface area contributed by atoms with Gasteiger partial charge >= 0.3 is 5.97 Å². The van der Waals surface area contributed by atoms with E-state index in [1.54, 1.807) is 6.07 Å². The van der Waals surface area contributed by atoms with Crippen LogP contribution < -0.4 is 5.32 Å². The Labute approximate surface area is 149 Å². The number of benzene rings is 1. The van der Waals surface area contributed by atoms with Crippen molar-refractivity contribution < 1.29 is 14.6 Å². The first-order chi connectivity index (χ1) is 11.9. The summed E-state index contributed by atoms with van der Waals surface area (Å²) < 4.78 is 4.82. The van der Waals surface area contributed by atoms with Crippen LogP contribution in [0.1, 0.15) is 37.8 Å². The normalized spacial score (nSPS) is 21.3. The Morgan fingerprint density at radius 3 is 2.92 bits per heavy atom. The molecule has 1 aliphatic rings. The molecule has 136 valence electrons. The zero-order chi connectivity index (χ0) is 18.4. The van der Waals surface area contributed by atoms with E-state index in [-0.39, 0.29) is 18.1 Å². The van der Waals surface area contributed by atoms with Gasteiger partial charge in [0.25, 0.3) is 0 Å². The van der Waals surface area contributed by atoms with E-state index in [0.717, 1.165) is 5.56 Å². The Hall–Kier alpha value is -1.94. The van der Waals surface area contributed by atoms with Crippen molar-refractivity contribution in [3.8, 4) is 6.07 Å². The molecule has 1 unspecified atom stereocenters. The number of carbonyl (C=O) groups is 1. The fourth-order valence-corrected chi connectivity index (χ4v) is 3.28. The standard InChI is InChI=1S/C19H27N3O3/c1-13(2)7-18(23)22(12-15-6-4-5-14(8-15)10-20)16-9-17(21-11-16)19(24)25-3/h4-6,8,13,16-18,21,23H,7,9,11-12H2,1-3H3/t16-,17-,18?/m0/s1. The average molecular weight is 345 g/mol. The number of rotatable bonds is 7. The van der Waals surface area contributed by atoms with Crippen LogP contribution >= 0.6 is 0 Å². The van der Waals surface area contributed by atoms with Gasteiger partial charge in [-0.1, -0.05) is 26.0 Å². The number of esters is 1.